The molecule has 3 heterocycles. The fraction of sp³-hybridized carbons (Fsp3) is 0.171. The minimum Gasteiger partial charge on any atom is -0.497 e. The maximum Gasteiger partial charge on any atom is 0.338 e. The molecule has 228 valence electrons. The second-order valence-electron chi connectivity index (χ2n) is 10.5. The van der Waals surface area contributed by atoms with E-state index in [1.54, 1.807) is 24.7 Å². The number of fused-ring (bicyclic) bond motifs is 1. The lowest BCUT2D eigenvalue weighted by atomic mass is 9.93. The molecule has 0 aliphatic carbocycles. The highest BCUT2D eigenvalue weighted by atomic mass is 35.5. The summed E-state index contributed by atoms with van der Waals surface area (Å²) in [6.45, 7) is 5.92. The minimum absolute atomic E-state index is 0.179. The van der Waals surface area contributed by atoms with Gasteiger partial charge in [0.25, 0.3) is 5.56 Å². The Kier molecular flexibility index (Phi) is 8.55. The number of aromatic nitrogens is 2. The molecule has 0 unspecified atom stereocenters. The standard InChI is InChI=1S/C35H29Cl2N3O4S/c1-5-44-34(42)30-31(22-9-7-6-8-10-22)38-35-40(32(30)23-11-14-26(43-4)15-12-23)33(41)29(45-35)18-24-17-20(2)39(21(24)3)25-13-16-27(36)28(37)19-25/h6-19,32H,5H2,1-4H3/b29-18-/t32-/m1/s1. The molecule has 0 radical (unpaired) electrons. The van der Waals surface area contributed by atoms with Crippen molar-refractivity contribution in [1.29, 1.82) is 0 Å². The van der Waals surface area contributed by atoms with Crippen LogP contribution in [0, 0.1) is 13.8 Å². The maximum atomic E-state index is 14.3. The summed E-state index contributed by atoms with van der Waals surface area (Å²) in [6, 6.07) is 23.6. The number of carbonyl (C=O) groups excluding carboxylic acids is 1. The molecular formula is C35H29Cl2N3O4S. The van der Waals surface area contributed by atoms with Crippen LogP contribution in [0.1, 0.15) is 41.0 Å². The molecule has 10 heteroatoms. The van der Waals surface area contributed by atoms with Gasteiger partial charge in [0.1, 0.15) is 5.75 Å². The van der Waals surface area contributed by atoms with E-state index in [0.717, 1.165) is 33.8 Å². The van der Waals surface area contributed by atoms with E-state index < -0.39 is 12.0 Å². The van der Waals surface area contributed by atoms with Crippen LogP contribution < -0.4 is 19.6 Å². The summed E-state index contributed by atoms with van der Waals surface area (Å²) in [5.74, 6) is 0.133. The Bertz CT molecular complexity index is 2150. The van der Waals surface area contributed by atoms with E-state index in [0.29, 0.717) is 36.4 Å². The van der Waals surface area contributed by atoms with Crippen LogP contribution >= 0.6 is 34.5 Å². The second kappa shape index (κ2) is 12.6. The van der Waals surface area contributed by atoms with Gasteiger partial charge in [-0.1, -0.05) is 77.0 Å². The number of rotatable bonds is 7. The third-order valence-corrected chi connectivity index (χ3v) is 9.45. The third-order valence-electron chi connectivity index (χ3n) is 7.72. The van der Waals surface area contributed by atoms with Gasteiger partial charge in [0, 0.05) is 22.6 Å². The van der Waals surface area contributed by atoms with Crippen molar-refractivity contribution in [3.63, 3.8) is 0 Å². The first-order valence-electron chi connectivity index (χ1n) is 14.3. The lowest BCUT2D eigenvalue weighted by Gasteiger charge is -2.26. The number of aryl methyl sites for hydroxylation is 1. The van der Waals surface area contributed by atoms with Gasteiger partial charge in [-0.15, -0.1) is 0 Å². The summed E-state index contributed by atoms with van der Waals surface area (Å²) < 4.78 is 15.1. The summed E-state index contributed by atoms with van der Waals surface area (Å²) >= 11 is 13.8. The predicted octanol–water partition coefficient (Wildman–Crippen LogP) is 6.66. The molecule has 45 heavy (non-hydrogen) atoms. The quantitative estimate of drug-likeness (QED) is 0.184. The van der Waals surface area contributed by atoms with Crippen LogP contribution in [0.5, 0.6) is 5.75 Å². The molecule has 0 bridgehead atoms. The van der Waals surface area contributed by atoms with Crippen LogP contribution in [0.15, 0.2) is 94.2 Å². The topological polar surface area (TPSA) is 74.8 Å². The number of ether oxygens (including phenoxy) is 2. The number of carbonyl (C=O) groups is 1. The number of thiazole rings is 1. The number of esters is 1. The number of hydrogen-bond acceptors (Lipinski definition) is 6. The maximum absolute atomic E-state index is 14.3. The molecule has 0 amide bonds. The summed E-state index contributed by atoms with van der Waals surface area (Å²) in [5.41, 5.74) is 5.63. The summed E-state index contributed by atoms with van der Waals surface area (Å²) in [4.78, 5) is 33.4. The molecule has 0 spiro atoms. The highest BCUT2D eigenvalue weighted by Gasteiger charge is 2.35. The molecule has 6 rings (SSSR count). The minimum atomic E-state index is -0.771. The molecule has 2 aromatic heterocycles. The van der Waals surface area contributed by atoms with Crippen molar-refractivity contribution in [1.82, 2.24) is 9.13 Å². The number of nitrogens with zero attached hydrogens (tertiary/aromatic N) is 3. The molecular weight excluding hydrogens is 629 g/mol. The van der Waals surface area contributed by atoms with Crippen LogP contribution in [0.25, 0.3) is 17.5 Å². The van der Waals surface area contributed by atoms with Gasteiger partial charge in [-0.05, 0) is 74.4 Å². The molecule has 0 fully saturated rings. The summed E-state index contributed by atoms with van der Waals surface area (Å²) in [7, 11) is 1.59. The normalized spacial score (nSPS) is 14.7. The largest absolute Gasteiger partial charge is 0.497 e. The monoisotopic (exact) mass is 657 g/mol. The smallest absolute Gasteiger partial charge is 0.338 e. The fourth-order valence-corrected chi connectivity index (χ4v) is 6.92. The van der Waals surface area contributed by atoms with E-state index in [-0.39, 0.29) is 12.2 Å². The van der Waals surface area contributed by atoms with Crippen LogP contribution in [0.4, 0.5) is 0 Å². The van der Waals surface area contributed by atoms with Crippen LogP contribution in [0.2, 0.25) is 10.0 Å². The first-order valence-corrected chi connectivity index (χ1v) is 15.9. The molecule has 5 aromatic rings. The van der Waals surface area contributed by atoms with Crippen molar-refractivity contribution in [3.8, 4) is 11.4 Å². The Labute approximate surface area is 273 Å². The highest BCUT2D eigenvalue weighted by Crippen LogP contribution is 2.36. The second-order valence-corrected chi connectivity index (χ2v) is 12.3. The van der Waals surface area contributed by atoms with Crippen molar-refractivity contribution in [2.75, 3.05) is 13.7 Å². The Morgan fingerprint density at radius 1 is 1.00 bits per heavy atom. The van der Waals surface area contributed by atoms with Gasteiger partial charge in [0.2, 0.25) is 0 Å². The zero-order chi connectivity index (χ0) is 31.8. The third kappa shape index (κ3) is 5.65. The lowest BCUT2D eigenvalue weighted by molar-refractivity contribution is -0.138. The average molecular weight is 659 g/mol. The number of hydrogen-bond donors (Lipinski definition) is 0. The zero-order valence-electron chi connectivity index (χ0n) is 25.0. The van der Waals surface area contributed by atoms with Gasteiger partial charge < -0.3 is 14.0 Å². The van der Waals surface area contributed by atoms with Crippen LogP contribution in [-0.2, 0) is 9.53 Å². The summed E-state index contributed by atoms with van der Waals surface area (Å²) in [6.07, 6.45) is 1.88. The first kappa shape index (κ1) is 30.6. The van der Waals surface area contributed by atoms with E-state index in [1.165, 1.54) is 11.3 Å². The van der Waals surface area contributed by atoms with Gasteiger partial charge in [0.15, 0.2) is 4.80 Å². The van der Waals surface area contributed by atoms with E-state index in [9.17, 15) is 9.59 Å². The molecule has 0 saturated heterocycles. The molecule has 1 aliphatic heterocycles. The van der Waals surface area contributed by atoms with Gasteiger partial charge in [-0.3, -0.25) is 9.36 Å². The molecule has 0 saturated carbocycles. The van der Waals surface area contributed by atoms with E-state index in [1.807, 2.05) is 92.7 Å². The van der Waals surface area contributed by atoms with Crippen molar-refractivity contribution in [2.24, 2.45) is 4.99 Å². The lowest BCUT2D eigenvalue weighted by Crippen LogP contribution is -2.40. The van der Waals surface area contributed by atoms with Crippen LogP contribution in [-0.4, -0.2) is 28.8 Å². The summed E-state index contributed by atoms with van der Waals surface area (Å²) in [5, 5.41) is 0.939. The predicted molar refractivity (Wildman–Crippen MR) is 179 cm³/mol. The zero-order valence-corrected chi connectivity index (χ0v) is 27.3. The Hall–Kier alpha value is -4.37. The van der Waals surface area contributed by atoms with Gasteiger partial charge in [0.05, 0.1) is 45.6 Å². The van der Waals surface area contributed by atoms with E-state index >= 15 is 0 Å². The van der Waals surface area contributed by atoms with Crippen molar-refractivity contribution in [2.45, 2.75) is 26.8 Å². The highest BCUT2D eigenvalue weighted by molar-refractivity contribution is 7.07. The molecule has 3 aromatic carbocycles. The molecule has 1 aliphatic rings. The van der Waals surface area contributed by atoms with Crippen molar-refractivity contribution in [3.05, 3.63) is 142 Å². The number of benzene rings is 3. The Morgan fingerprint density at radius 2 is 1.73 bits per heavy atom. The fourth-order valence-electron chi connectivity index (χ4n) is 5.64. The van der Waals surface area contributed by atoms with E-state index in [4.69, 9.17) is 37.7 Å². The van der Waals surface area contributed by atoms with E-state index in [2.05, 4.69) is 4.57 Å². The van der Waals surface area contributed by atoms with Gasteiger partial charge >= 0.3 is 5.97 Å². The SMILES string of the molecule is CCOC(=O)C1=C(c2ccccc2)N=c2s/c(=C\c3cc(C)n(-c4ccc(Cl)c(Cl)c4)c3C)c(=O)n2[C@@H]1c1ccc(OC)cc1. The molecule has 0 N–H and O–H groups in total. The van der Waals surface area contributed by atoms with Crippen molar-refractivity contribution < 1.29 is 14.3 Å². The first-order chi connectivity index (χ1) is 21.7. The number of halogens is 2. The Morgan fingerprint density at radius 3 is 2.40 bits per heavy atom. The molecule has 1 atom stereocenters. The number of methoxy groups -OCH3 is 1. The average Bonchev–Trinajstić information content (AvgIpc) is 3.51. The van der Waals surface area contributed by atoms with Gasteiger partial charge in [-0.25, -0.2) is 9.79 Å². The Balaban J connectivity index is 1.59. The van der Waals surface area contributed by atoms with Crippen LogP contribution in [0.3, 0.4) is 0 Å². The van der Waals surface area contributed by atoms with Crippen molar-refractivity contribution >= 4 is 52.3 Å². The van der Waals surface area contributed by atoms with Gasteiger partial charge in [-0.2, -0.15) is 0 Å². The molecule has 7 nitrogen and oxygen atoms in total.